The topological polar surface area (TPSA) is 84.7 Å². The number of rotatable bonds is 4. The number of nitrogens with zero attached hydrogens (tertiary/aromatic N) is 1. The molecule has 1 aromatic heterocycles. The molecule has 0 aromatic carbocycles. The van der Waals surface area contributed by atoms with E-state index >= 15 is 0 Å². The number of fused-ring (bicyclic) bond motifs is 1. The number of nitrogens with two attached hydrogens (primary N) is 1. The van der Waals surface area contributed by atoms with Crippen LogP contribution in [0.4, 0.5) is 5.69 Å². The predicted molar refractivity (Wildman–Crippen MR) is 67.6 cm³/mol. The zero-order valence-corrected chi connectivity index (χ0v) is 10.7. The Morgan fingerprint density at radius 3 is 3.17 bits per heavy atom. The zero-order valence-electron chi connectivity index (χ0n) is 9.85. The van der Waals surface area contributed by atoms with E-state index in [1.165, 1.54) is 4.88 Å². The van der Waals surface area contributed by atoms with E-state index in [0.717, 1.165) is 18.5 Å². The molecule has 1 amide bonds. The van der Waals surface area contributed by atoms with E-state index in [-0.39, 0.29) is 12.3 Å². The molecular weight excluding hydrogens is 254 g/mol. The van der Waals surface area contributed by atoms with E-state index in [1.54, 1.807) is 16.2 Å². The van der Waals surface area contributed by atoms with Crippen molar-refractivity contribution in [1.82, 2.24) is 5.59 Å². The molecule has 0 atom stereocenters. The number of nitrogens with one attached hydrogen (secondary N) is 1. The van der Waals surface area contributed by atoms with Crippen LogP contribution in [0.3, 0.4) is 0 Å². The number of carbonyl (C=O) groups excluding carboxylic acids is 2. The lowest BCUT2D eigenvalue weighted by Crippen LogP contribution is -2.34. The molecule has 0 saturated heterocycles. The molecule has 0 radical (unpaired) electrons. The Bertz CT molecular complexity index is 446. The molecule has 2 heterocycles. The summed E-state index contributed by atoms with van der Waals surface area (Å²) in [7, 11) is 0. The standard InChI is InChI=1S/C11H15N3O3S/c12-13-17-11(16)4-6-14-8-5-7-18-9(8)2-1-3-10(14)15/h5,7,13H,1-4,6,12H2. The van der Waals surface area contributed by atoms with Crippen molar-refractivity contribution in [1.29, 1.82) is 0 Å². The van der Waals surface area contributed by atoms with E-state index in [1.807, 2.05) is 17.0 Å². The first-order valence-corrected chi connectivity index (χ1v) is 6.62. The van der Waals surface area contributed by atoms with Crippen LogP contribution in [0.1, 0.15) is 24.1 Å². The fourth-order valence-corrected chi connectivity index (χ4v) is 2.92. The minimum Gasteiger partial charge on any atom is -0.356 e. The fourth-order valence-electron chi connectivity index (χ4n) is 2.00. The Labute approximate surface area is 109 Å². The van der Waals surface area contributed by atoms with E-state index in [0.29, 0.717) is 13.0 Å². The van der Waals surface area contributed by atoms with Gasteiger partial charge in [0.15, 0.2) is 0 Å². The number of carbonyl (C=O) groups is 2. The number of anilines is 1. The number of hydrogen-bond acceptors (Lipinski definition) is 6. The highest BCUT2D eigenvalue weighted by Crippen LogP contribution is 2.31. The summed E-state index contributed by atoms with van der Waals surface area (Å²) in [5, 5.41) is 1.97. The van der Waals surface area contributed by atoms with Gasteiger partial charge in [-0.3, -0.25) is 9.59 Å². The quantitative estimate of drug-likeness (QED) is 0.622. The number of amides is 1. The van der Waals surface area contributed by atoms with Crippen LogP contribution in [0.25, 0.3) is 0 Å². The van der Waals surface area contributed by atoms with Gasteiger partial charge < -0.3 is 9.74 Å². The van der Waals surface area contributed by atoms with Gasteiger partial charge >= 0.3 is 5.97 Å². The SMILES string of the molecule is NNOC(=O)CCN1C(=O)CCCc2sccc21. The van der Waals surface area contributed by atoms with Crippen molar-refractivity contribution in [2.75, 3.05) is 11.4 Å². The third-order valence-electron chi connectivity index (χ3n) is 2.82. The maximum absolute atomic E-state index is 12.0. The highest BCUT2D eigenvalue weighted by atomic mass is 32.1. The molecule has 1 aliphatic rings. The summed E-state index contributed by atoms with van der Waals surface area (Å²) in [5.74, 6) is 4.45. The Morgan fingerprint density at radius 1 is 1.56 bits per heavy atom. The smallest absolute Gasteiger partial charge is 0.328 e. The van der Waals surface area contributed by atoms with Crippen molar-refractivity contribution in [2.45, 2.75) is 25.7 Å². The van der Waals surface area contributed by atoms with Gasteiger partial charge in [-0.1, -0.05) is 5.59 Å². The number of aryl methyl sites for hydroxylation is 1. The second-order valence-corrected chi connectivity index (χ2v) is 4.97. The Kier molecular flexibility index (Phi) is 4.29. The Morgan fingerprint density at radius 2 is 2.39 bits per heavy atom. The third-order valence-corrected chi connectivity index (χ3v) is 3.79. The maximum atomic E-state index is 12.0. The molecule has 0 unspecified atom stereocenters. The van der Waals surface area contributed by atoms with Crippen LogP contribution in [-0.4, -0.2) is 18.4 Å². The van der Waals surface area contributed by atoms with E-state index < -0.39 is 5.97 Å². The third kappa shape index (κ3) is 2.87. The highest BCUT2D eigenvalue weighted by Gasteiger charge is 2.23. The highest BCUT2D eigenvalue weighted by molar-refractivity contribution is 7.10. The molecule has 0 aliphatic carbocycles. The molecule has 98 valence electrons. The van der Waals surface area contributed by atoms with Crippen molar-refractivity contribution in [3.63, 3.8) is 0 Å². The van der Waals surface area contributed by atoms with Gasteiger partial charge in [0.05, 0.1) is 12.1 Å². The molecule has 2 rings (SSSR count). The molecule has 18 heavy (non-hydrogen) atoms. The van der Waals surface area contributed by atoms with Crippen molar-refractivity contribution < 1.29 is 14.4 Å². The Hall–Kier alpha value is -1.44. The van der Waals surface area contributed by atoms with E-state index in [4.69, 9.17) is 5.84 Å². The van der Waals surface area contributed by atoms with Gasteiger partial charge in [-0.15, -0.1) is 11.3 Å². The second-order valence-electron chi connectivity index (χ2n) is 3.97. The minimum absolute atomic E-state index is 0.0562. The summed E-state index contributed by atoms with van der Waals surface area (Å²) in [5.41, 5.74) is 2.77. The van der Waals surface area contributed by atoms with Gasteiger partial charge in [-0.25, -0.2) is 5.84 Å². The molecular formula is C11H15N3O3S. The summed E-state index contributed by atoms with van der Waals surface area (Å²) in [4.78, 5) is 30.5. The summed E-state index contributed by atoms with van der Waals surface area (Å²) < 4.78 is 0. The van der Waals surface area contributed by atoms with Crippen molar-refractivity contribution in [3.8, 4) is 0 Å². The molecule has 6 nitrogen and oxygen atoms in total. The van der Waals surface area contributed by atoms with Crippen LogP contribution >= 0.6 is 11.3 Å². The van der Waals surface area contributed by atoms with Gasteiger partial charge in [-0.2, -0.15) is 0 Å². The largest absolute Gasteiger partial charge is 0.356 e. The lowest BCUT2D eigenvalue weighted by molar-refractivity contribution is -0.150. The van der Waals surface area contributed by atoms with Gasteiger partial charge in [-0.05, 0) is 24.3 Å². The van der Waals surface area contributed by atoms with Crippen LogP contribution < -0.4 is 16.3 Å². The summed E-state index contributed by atoms with van der Waals surface area (Å²) >= 11 is 1.65. The first-order valence-electron chi connectivity index (χ1n) is 5.74. The lowest BCUT2D eigenvalue weighted by Gasteiger charge is -2.20. The normalized spacial score (nSPS) is 15.2. The number of thiophene rings is 1. The van der Waals surface area contributed by atoms with E-state index in [2.05, 4.69) is 4.84 Å². The molecule has 1 aliphatic heterocycles. The Balaban J connectivity index is 2.06. The average Bonchev–Trinajstić information content (AvgIpc) is 2.73. The monoisotopic (exact) mass is 269 g/mol. The summed E-state index contributed by atoms with van der Waals surface area (Å²) in [6.45, 7) is 0.322. The lowest BCUT2D eigenvalue weighted by atomic mass is 10.2. The molecule has 1 aromatic rings. The average molecular weight is 269 g/mol. The van der Waals surface area contributed by atoms with Crippen LogP contribution in [0.5, 0.6) is 0 Å². The second kappa shape index (κ2) is 5.94. The first kappa shape index (κ1) is 13.0. The van der Waals surface area contributed by atoms with Crippen LogP contribution in [0, 0.1) is 0 Å². The zero-order chi connectivity index (χ0) is 13.0. The molecule has 0 spiro atoms. The maximum Gasteiger partial charge on any atom is 0.328 e. The molecule has 0 bridgehead atoms. The van der Waals surface area contributed by atoms with E-state index in [9.17, 15) is 9.59 Å². The van der Waals surface area contributed by atoms with Crippen LogP contribution in [0.2, 0.25) is 0 Å². The molecule has 0 saturated carbocycles. The van der Waals surface area contributed by atoms with Gasteiger partial charge in [0.1, 0.15) is 0 Å². The van der Waals surface area contributed by atoms with Gasteiger partial charge in [0.25, 0.3) is 0 Å². The molecule has 3 N–H and O–H groups in total. The van der Waals surface area contributed by atoms with Crippen molar-refractivity contribution >= 4 is 28.9 Å². The predicted octanol–water partition coefficient (Wildman–Crippen LogP) is 0.729. The first-order chi connectivity index (χ1) is 8.72. The number of hydrazine groups is 1. The summed E-state index contributed by atoms with van der Waals surface area (Å²) in [6, 6.07) is 1.93. The molecule has 7 heteroatoms. The van der Waals surface area contributed by atoms with Gasteiger partial charge in [0, 0.05) is 17.8 Å². The van der Waals surface area contributed by atoms with Crippen LogP contribution in [-0.2, 0) is 20.8 Å². The van der Waals surface area contributed by atoms with Crippen molar-refractivity contribution in [2.24, 2.45) is 5.84 Å². The van der Waals surface area contributed by atoms with Gasteiger partial charge in [0.2, 0.25) is 5.91 Å². The van der Waals surface area contributed by atoms with Crippen molar-refractivity contribution in [3.05, 3.63) is 16.3 Å². The van der Waals surface area contributed by atoms with Crippen LogP contribution in [0.15, 0.2) is 11.4 Å². The fraction of sp³-hybridized carbons (Fsp3) is 0.455. The number of hydrogen-bond donors (Lipinski definition) is 2. The summed E-state index contributed by atoms with van der Waals surface area (Å²) in [6.07, 6.45) is 2.42. The minimum atomic E-state index is -0.480. The molecule has 0 fully saturated rings.